The molecule has 2 rings (SSSR count). The van der Waals surface area contributed by atoms with Gasteiger partial charge < -0.3 is 10.0 Å². The van der Waals surface area contributed by atoms with E-state index in [1.165, 1.54) is 0 Å². The number of carbonyl (C=O) groups is 2. The summed E-state index contributed by atoms with van der Waals surface area (Å²) in [6.07, 6.45) is 3.34. The van der Waals surface area contributed by atoms with Crippen LogP contribution in [-0.4, -0.2) is 34.0 Å². The number of hydrogen-bond acceptors (Lipinski definition) is 2. The van der Waals surface area contributed by atoms with Crippen LogP contribution < -0.4 is 0 Å². The van der Waals surface area contributed by atoms with Crippen molar-refractivity contribution < 1.29 is 14.7 Å². The van der Waals surface area contributed by atoms with Gasteiger partial charge in [-0.1, -0.05) is 0 Å². The first kappa shape index (κ1) is 8.53. The van der Waals surface area contributed by atoms with Gasteiger partial charge in [0.25, 0.3) is 0 Å². The Bertz CT molecular complexity index is 262. The normalized spacial score (nSPS) is 33.2. The molecule has 2 aliphatic rings. The minimum atomic E-state index is -0.838. The summed E-state index contributed by atoms with van der Waals surface area (Å²) in [6.45, 7) is 0.630. The molecule has 2 saturated heterocycles. The highest BCUT2D eigenvalue weighted by atomic mass is 16.4. The number of amides is 1. The summed E-state index contributed by atoms with van der Waals surface area (Å²) in [5.41, 5.74) is -0.838. The predicted molar refractivity (Wildman–Crippen MR) is 45.2 cm³/mol. The molecule has 1 unspecified atom stereocenters. The number of fused-ring (bicyclic) bond motifs is 1. The van der Waals surface area contributed by atoms with Crippen molar-refractivity contribution >= 4 is 11.9 Å². The number of piperidine rings is 1. The van der Waals surface area contributed by atoms with Crippen LogP contribution >= 0.6 is 0 Å². The van der Waals surface area contributed by atoms with Crippen LogP contribution in [-0.2, 0) is 9.59 Å². The van der Waals surface area contributed by atoms with E-state index in [-0.39, 0.29) is 5.91 Å². The molecule has 1 amide bonds. The predicted octanol–water partition coefficient (Wildman–Crippen LogP) is 0.616. The number of carbonyl (C=O) groups excluding carboxylic acids is 1. The van der Waals surface area contributed by atoms with E-state index in [0.29, 0.717) is 25.8 Å². The largest absolute Gasteiger partial charge is 0.479 e. The Hall–Kier alpha value is -1.06. The van der Waals surface area contributed by atoms with E-state index in [2.05, 4.69) is 0 Å². The highest BCUT2D eigenvalue weighted by Gasteiger charge is 2.51. The molecule has 0 spiro atoms. The molecule has 0 aromatic rings. The summed E-state index contributed by atoms with van der Waals surface area (Å²) in [6, 6.07) is 0. The molecule has 2 heterocycles. The maximum Gasteiger partial charge on any atom is 0.329 e. The van der Waals surface area contributed by atoms with Gasteiger partial charge in [-0.15, -0.1) is 0 Å². The van der Waals surface area contributed by atoms with Crippen molar-refractivity contribution in [3.8, 4) is 0 Å². The van der Waals surface area contributed by atoms with Crippen molar-refractivity contribution in [2.24, 2.45) is 0 Å². The molecule has 13 heavy (non-hydrogen) atoms. The molecule has 1 N–H and O–H groups in total. The Kier molecular flexibility index (Phi) is 1.78. The Morgan fingerprint density at radius 3 is 2.69 bits per heavy atom. The van der Waals surface area contributed by atoms with E-state index in [1.54, 1.807) is 4.90 Å². The molecule has 2 fully saturated rings. The van der Waals surface area contributed by atoms with Crippen LogP contribution in [0.15, 0.2) is 0 Å². The summed E-state index contributed by atoms with van der Waals surface area (Å²) in [7, 11) is 0. The summed E-state index contributed by atoms with van der Waals surface area (Å²) in [5.74, 6) is -0.802. The first-order chi connectivity index (χ1) is 6.17. The molecule has 0 aromatic heterocycles. The van der Waals surface area contributed by atoms with Crippen molar-refractivity contribution in [1.29, 1.82) is 0 Å². The first-order valence-electron chi connectivity index (χ1n) is 4.71. The van der Waals surface area contributed by atoms with Crippen molar-refractivity contribution in [3.63, 3.8) is 0 Å². The fraction of sp³-hybridized carbons (Fsp3) is 0.778. The van der Waals surface area contributed by atoms with Gasteiger partial charge >= 0.3 is 5.97 Å². The lowest BCUT2D eigenvalue weighted by Gasteiger charge is -2.38. The second kappa shape index (κ2) is 2.72. The number of aliphatic carboxylic acids is 1. The van der Waals surface area contributed by atoms with Crippen molar-refractivity contribution in [1.82, 2.24) is 4.90 Å². The zero-order chi connectivity index (χ0) is 9.47. The van der Waals surface area contributed by atoms with Gasteiger partial charge in [-0.2, -0.15) is 0 Å². The van der Waals surface area contributed by atoms with Gasteiger partial charge in [0.2, 0.25) is 5.91 Å². The van der Waals surface area contributed by atoms with Crippen LogP contribution in [0.4, 0.5) is 0 Å². The third-order valence-corrected chi connectivity index (χ3v) is 3.17. The lowest BCUT2D eigenvalue weighted by Crippen LogP contribution is -2.55. The van der Waals surface area contributed by atoms with Crippen LogP contribution in [0.1, 0.15) is 32.1 Å². The molecule has 0 aliphatic carbocycles. The Morgan fingerprint density at radius 2 is 2.08 bits per heavy atom. The van der Waals surface area contributed by atoms with Crippen LogP contribution in [0.5, 0.6) is 0 Å². The average Bonchev–Trinajstić information content (AvgIpc) is 2.50. The number of carboxylic acid groups (broad SMARTS) is 1. The molecule has 0 radical (unpaired) electrons. The van der Waals surface area contributed by atoms with E-state index < -0.39 is 11.5 Å². The Labute approximate surface area is 76.5 Å². The number of carboxylic acids is 1. The van der Waals surface area contributed by atoms with Gasteiger partial charge in [-0.05, 0) is 25.7 Å². The second-order valence-corrected chi connectivity index (χ2v) is 3.84. The Morgan fingerprint density at radius 1 is 1.38 bits per heavy atom. The topological polar surface area (TPSA) is 57.6 Å². The highest BCUT2D eigenvalue weighted by Crippen LogP contribution is 2.38. The molecule has 2 aliphatic heterocycles. The van der Waals surface area contributed by atoms with Crippen LogP contribution in [0.3, 0.4) is 0 Å². The Balaban J connectivity index is 2.32. The summed E-state index contributed by atoms with van der Waals surface area (Å²) in [5, 5.41) is 9.12. The van der Waals surface area contributed by atoms with Crippen molar-refractivity contribution in [2.45, 2.75) is 37.6 Å². The standard InChI is InChI=1S/C9H13NO3/c11-7-3-1-4-9(8(12)13)5-2-6-10(7)9/h1-6H2,(H,12,13). The number of nitrogens with zero attached hydrogens (tertiary/aromatic N) is 1. The van der Waals surface area contributed by atoms with Crippen LogP contribution in [0.2, 0.25) is 0 Å². The molecule has 0 saturated carbocycles. The molecule has 4 heteroatoms. The van der Waals surface area contributed by atoms with Crippen LogP contribution in [0, 0.1) is 0 Å². The lowest BCUT2D eigenvalue weighted by atomic mass is 9.86. The van der Waals surface area contributed by atoms with E-state index in [0.717, 1.165) is 12.8 Å². The summed E-state index contributed by atoms with van der Waals surface area (Å²) < 4.78 is 0. The molecule has 72 valence electrons. The number of hydrogen-bond donors (Lipinski definition) is 1. The van der Waals surface area contributed by atoms with E-state index in [4.69, 9.17) is 5.11 Å². The van der Waals surface area contributed by atoms with Gasteiger partial charge in [-0.3, -0.25) is 4.79 Å². The molecular formula is C9H13NO3. The van der Waals surface area contributed by atoms with Crippen molar-refractivity contribution in [2.75, 3.05) is 6.54 Å². The maximum atomic E-state index is 11.4. The van der Waals surface area contributed by atoms with Crippen molar-refractivity contribution in [3.05, 3.63) is 0 Å². The fourth-order valence-electron chi connectivity index (χ4n) is 2.50. The highest BCUT2D eigenvalue weighted by molar-refractivity contribution is 5.89. The first-order valence-corrected chi connectivity index (χ1v) is 4.71. The SMILES string of the molecule is O=C1CCCC2(C(=O)O)CCCN12. The van der Waals surface area contributed by atoms with E-state index in [9.17, 15) is 9.59 Å². The van der Waals surface area contributed by atoms with Gasteiger partial charge in [0.1, 0.15) is 5.54 Å². The molecule has 4 nitrogen and oxygen atoms in total. The zero-order valence-corrected chi connectivity index (χ0v) is 7.45. The maximum absolute atomic E-state index is 11.4. The number of rotatable bonds is 1. The lowest BCUT2D eigenvalue weighted by molar-refractivity contribution is -0.160. The third kappa shape index (κ3) is 1.04. The van der Waals surface area contributed by atoms with E-state index >= 15 is 0 Å². The molecule has 1 atom stereocenters. The zero-order valence-electron chi connectivity index (χ0n) is 7.45. The average molecular weight is 183 g/mol. The molecular weight excluding hydrogens is 170 g/mol. The molecule has 0 bridgehead atoms. The van der Waals surface area contributed by atoms with Gasteiger partial charge in [0, 0.05) is 13.0 Å². The second-order valence-electron chi connectivity index (χ2n) is 3.84. The van der Waals surface area contributed by atoms with Crippen LogP contribution in [0.25, 0.3) is 0 Å². The molecule has 0 aromatic carbocycles. The fourth-order valence-corrected chi connectivity index (χ4v) is 2.50. The van der Waals surface area contributed by atoms with E-state index in [1.807, 2.05) is 0 Å². The monoisotopic (exact) mass is 183 g/mol. The smallest absolute Gasteiger partial charge is 0.329 e. The van der Waals surface area contributed by atoms with Gasteiger partial charge in [-0.25, -0.2) is 4.79 Å². The van der Waals surface area contributed by atoms with Gasteiger partial charge in [0.05, 0.1) is 0 Å². The summed E-state index contributed by atoms with van der Waals surface area (Å²) in [4.78, 5) is 24.1. The quantitative estimate of drug-likeness (QED) is 0.648. The third-order valence-electron chi connectivity index (χ3n) is 3.17. The minimum Gasteiger partial charge on any atom is -0.479 e. The van der Waals surface area contributed by atoms with Gasteiger partial charge in [0.15, 0.2) is 0 Å². The minimum absolute atomic E-state index is 0.0196. The summed E-state index contributed by atoms with van der Waals surface area (Å²) >= 11 is 0.